The maximum Gasteiger partial charge on any atom is 0.326 e. The van der Waals surface area contributed by atoms with E-state index in [1.807, 2.05) is 6.92 Å². The zero-order chi connectivity index (χ0) is 21.3. The molecule has 0 spiro atoms. The van der Waals surface area contributed by atoms with E-state index >= 15 is 0 Å². The number of carbonyl (C=O) groups excluding carboxylic acids is 2. The van der Waals surface area contributed by atoms with Crippen molar-refractivity contribution >= 4 is 23.8 Å². The number of carbonyl (C=O) groups is 4. The van der Waals surface area contributed by atoms with Crippen molar-refractivity contribution in [3.8, 4) is 0 Å². The molecule has 1 rings (SSSR count). The molecule has 1 aromatic rings. The van der Waals surface area contributed by atoms with Gasteiger partial charge in [-0.15, -0.1) is 0 Å². The topological polar surface area (TPSA) is 159 Å². The van der Waals surface area contributed by atoms with Gasteiger partial charge in [-0.2, -0.15) is 0 Å². The quantitative estimate of drug-likeness (QED) is 0.357. The Labute approximate surface area is 163 Å². The van der Waals surface area contributed by atoms with E-state index in [-0.39, 0.29) is 12.3 Å². The van der Waals surface area contributed by atoms with Crippen LogP contribution in [-0.4, -0.2) is 52.1 Å². The SMILES string of the molecule is CC[C@H](C)[C@H](N)C(=O)N[C@@H](CC(=O)O)C(=O)N[C@@H](Cc1ccccc1)C(=O)O. The summed E-state index contributed by atoms with van der Waals surface area (Å²) in [6, 6.07) is 5.06. The van der Waals surface area contributed by atoms with Gasteiger partial charge in [0, 0.05) is 6.42 Å². The van der Waals surface area contributed by atoms with Gasteiger partial charge >= 0.3 is 11.9 Å². The number of nitrogens with one attached hydrogen (secondary N) is 2. The second-order valence-corrected chi connectivity index (χ2v) is 6.66. The van der Waals surface area contributed by atoms with Gasteiger partial charge in [-0.3, -0.25) is 14.4 Å². The average molecular weight is 393 g/mol. The van der Waals surface area contributed by atoms with Gasteiger partial charge in [0.05, 0.1) is 12.5 Å². The Kier molecular flexibility index (Phi) is 9.10. The lowest BCUT2D eigenvalue weighted by Crippen LogP contribution is -2.56. The molecule has 0 unspecified atom stereocenters. The van der Waals surface area contributed by atoms with Crippen LogP contribution in [0.2, 0.25) is 0 Å². The van der Waals surface area contributed by atoms with Crippen molar-refractivity contribution in [3.05, 3.63) is 35.9 Å². The Morgan fingerprint density at radius 2 is 1.57 bits per heavy atom. The molecule has 0 aliphatic heterocycles. The zero-order valence-electron chi connectivity index (χ0n) is 15.9. The molecule has 0 aliphatic rings. The van der Waals surface area contributed by atoms with Gasteiger partial charge in [0.15, 0.2) is 0 Å². The van der Waals surface area contributed by atoms with E-state index in [0.717, 1.165) is 0 Å². The summed E-state index contributed by atoms with van der Waals surface area (Å²) in [4.78, 5) is 47.3. The molecule has 0 fully saturated rings. The van der Waals surface area contributed by atoms with Crippen LogP contribution in [0.3, 0.4) is 0 Å². The van der Waals surface area contributed by atoms with Crippen LogP contribution in [0.25, 0.3) is 0 Å². The first-order valence-corrected chi connectivity index (χ1v) is 9.00. The molecule has 4 atom stereocenters. The number of carboxylic acids is 2. The molecule has 6 N–H and O–H groups in total. The van der Waals surface area contributed by atoms with Crippen LogP contribution in [0.4, 0.5) is 0 Å². The summed E-state index contributed by atoms with van der Waals surface area (Å²) in [5, 5.41) is 23.0. The number of benzene rings is 1. The Balaban J connectivity index is 2.87. The van der Waals surface area contributed by atoms with E-state index in [4.69, 9.17) is 10.8 Å². The summed E-state index contributed by atoms with van der Waals surface area (Å²) >= 11 is 0. The normalized spacial score (nSPS) is 15.0. The highest BCUT2D eigenvalue weighted by Gasteiger charge is 2.30. The van der Waals surface area contributed by atoms with Crippen LogP contribution >= 0.6 is 0 Å². The summed E-state index contributed by atoms with van der Waals surface area (Å²) in [6.07, 6.45) is -0.0486. The summed E-state index contributed by atoms with van der Waals surface area (Å²) in [6.45, 7) is 3.61. The van der Waals surface area contributed by atoms with Gasteiger partial charge in [0.25, 0.3) is 0 Å². The first-order valence-electron chi connectivity index (χ1n) is 9.00. The molecule has 28 heavy (non-hydrogen) atoms. The van der Waals surface area contributed by atoms with Crippen molar-refractivity contribution in [3.63, 3.8) is 0 Å². The van der Waals surface area contributed by atoms with Crippen LogP contribution < -0.4 is 16.4 Å². The van der Waals surface area contributed by atoms with E-state index in [2.05, 4.69) is 10.6 Å². The number of aliphatic carboxylic acids is 2. The predicted octanol–water partition coefficient (Wildman–Crippen LogP) is 0.131. The first-order chi connectivity index (χ1) is 13.1. The van der Waals surface area contributed by atoms with E-state index in [9.17, 15) is 24.3 Å². The van der Waals surface area contributed by atoms with E-state index < -0.39 is 48.3 Å². The molecule has 0 bridgehead atoms. The molecule has 0 heterocycles. The molecular weight excluding hydrogens is 366 g/mol. The lowest BCUT2D eigenvalue weighted by atomic mass is 9.99. The fourth-order valence-electron chi connectivity index (χ4n) is 2.49. The molecule has 0 aromatic heterocycles. The Morgan fingerprint density at radius 1 is 1.00 bits per heavy atom. The van der Waals surface area contributed by atoms with Gasteiger partial charge in [-0.1, -0.05) is 50.6 Å². The fraction of sp³-hybridized carbons (Fsp3) is 0.474. The maximum atomic E-state index is 12.5. The van der Waals surface area contributed by atoms with Crippen molar-refractivity contribution < 1.29 is 29.4 Å². The molecule has 0 aliphatic carbocycles. The third-order valence-electron chi connectivity index (χ3n) is 4.47. The third kappa shape index (κ3) is 7.36. The molecule has 9 heteroatoms. The highest BCUT2D eigenvalue weighted by molar-refractivity contribution is 5.94. The Hall–Kier alpha value is -2.94. The predicted molar refractivity (Wildman–Crippen MR) is 101 cm³/mol. The van der Waals surface area contributed by atoms with Crippen molar-refractivity contribution in [2.75, 3.05) is 0 Å². The van der Waals surface area contributed by atoms with E-state index in [1.54, 1.807) is 37.3 Å². The van der Waals surface area contributed by atoms with Crippen LogP contribution in [0.5, 0.6) is 0 Å². The van der Waals surface area contributed by atoms with Crippen LogP contribution in [0.1, 0.15) is 32.3 Å². The number of carboxylic acid groups (broad SMARTS) is 2. The van der Waals surface area contributed by atoms with Crippen molar-refractivity contribution in [1.82, 2.24) is 10.6 Å². The molecule has 1 aromatic carbocycles. The molecular formula is C19H27N3O6. The molecule has 0 saturated carbocycles. The van der Waals surface area contributed by atoms with E-state index in [1.165, 1.54) is 0 Å². The molecule has 2 amide bonds. The minimum absolute atomic E-state index is 0.0159. The van der Waals surface area contributed by atoms with Gasteiger partial charge in [-0.05, 0) is 11.5 Å². The highest BCUT2D eigenvalue weighted by Crippen LogP contribution is 2.07. The molecule has 9 nitrogen and oxygen atoms in total. The standard InChI is InChI=1S/C19H27N3O6/c1-3-11(2)16(20)18(26)21-13(10-15(23)24)17(25)22-14(19(27)28)9-12-7-5-4-6-8-12/h4-8,11,13-14,16H,3,9-10,20H2,1-2H3,(H,21,26)(H,22,25)(H,23,24)(H,27,28)/t11-,13-,14-,16-/m0/s1. The third-order valence-corrected chi connectivity index (χ3v) is 4.47. The number of nitrogens with two attached hydrogens (primary N) is 1. The second kappa shape index (κ2) is 11.0. The van der Waals surface area contributed by atoms with Gasteiger partial charge in [0.2, 0.25) is 11.8 Å². The smallest absolute Gasteiger partial charge is 0.326 e. The summed E-state index contributed by atoms with van der Waals surface area (Å²) in [5.41, 5.74) is 6.50. The van der Waals surface area contributed by atoms with Gasteiger partial charge < -0.3 is 26.6 Å². The van der Waals surface area contributed by atoms with Crippen molar-refractivity contribution in [1.29, 1.82) is 0 Å². The summed E-state index contributed by atoms with van der Waals surface area (Å²) in [7, 11) is 0. The molecule has 0 radical (unpaired) electrons. The molecule has 0 saturated heterocycles. The second-order valence-electron chi connectivity index (χ2n) is 6.66. The Bertz CT molecular complexity index is 694. The molecule has 154 valence electrons. The van der Waals surface area contributed by atoms with Crippen LogP contribution in [-0.2, 0) is 25.6 Å². The lowest BCUT2D eigenvalue weighted by molar-refractivity contribution is -0.143. The number of hydrogen-bond donors (Lipinski definition) is 5. The van der Waals surface area contributed by atoms with Gasteiger partial charge in [-0.25, -0.2) is 4.79 Å². The van der Waals surface area contributed by atoms with Crippen molar-refractivity contribution in [2.45, 2.75) is 51.2 Å². The number of hydrogen-bond acceptors (Lipinski definition) is 5. The van der Waals surface area contributed by atoms with E-state index in [0.29, 0.717) is 12.0 Å². The number of amides is 2. The summed E-state index contributed by atoms with van der Waals surface area (Å²) < 4.78 is 0. The number of rotatable bonds is 11. The lowest BCUT2D eigenvalue weighted by Gasteiger charge is -2.23. The monoisotopic (exact) mass is 393 g/mol. The Morgan fingerprint density at radius 3 is 2.07 bits per heavy atom. The maximum absolute atomic E-state index is 12.5. The minimum Gasteiger partial charge on any atom is -0.481 e. The first kappa shape index (κ1) is 23.1. The zero-order valence-corrected chi connectivity index (χ0v) is 15.9. The fourth-order valence-corrected chi connectivity index (χ4v) is 2.49. The van der Waals surface area contributed by atoms with Gasteiger partial charge in [0.1, 0.15) is 12.1 Å². The minimum atomic E-state index is -1.43. The summed E-state index contributed by atoms with van der Waals surface area (Å²) in [5.74, 6) is -4.30. The highest BCUT2D eigenvalue weighted by atomic mass is 16.4. The van der Waals surface area contributed by atoms with Crippen molar-refractivity contribution in [2.24, 2.45) is 11.7 Å². The average Bonchev–Trinajstić information content (AvgIpc) is 2.65. The largest absolute Gasteiger partial charge is 0.481 e. The van der Waals surface area contributed by atoms with Crippen LogP contribution in [0, 0.1) is 5.92 Å². The van der Waals surface area contributed by atoms with Crippen LogP contribution in [0.15, 0.2) is 30.3 Å².